The SMILES string of the molecule is Cn1cc(CNC(=O)c2c(NC(=O)c3nn(C)c(C(F)(F)F)c3Cl)cnn2C)cn1. The molecule has 3 aromatic heterocycles. The van der Waals surface area contributed by atoms with Crippen LogP contribution >= 0.6 is 11.6 Å². The van der Waals surface area contributed by atoms with Crippen molar-refractivity contribution < 1.29 is 22.8 Å². The Bertz CT molecular complexity index is 1110. The van der Waals surface area contributed by atoms with Crippen molar-refractivity contribution in [2.75, 3.05) is 5.32 Å². The molecule has 0 unspecified atom stereocenters. The molecular weight excluding hydrogens is 429 g/mol. The van der Waals surface area contributed by atoms with Gasteiger partial charge in [0, 0.05) is 39.4 Å². The molecule has 0 bridgehead atoms. The van der Waals surface area contributed by atoms with Crippen LogP contribution < -0.4 is 10.6 Å². The van der Waals surface area contributed by atoms with Gasteiger partial charge in [-0.25, -0.2) is 0 Å². The summed E-state index contributed by atoms with van der Waals surface area (Å²) in [5.41, 5.74) is -1.15. The molecule has 3 aromatic rings. The second-order valence-corrected chi connectivity index (χ2v) is 6.70. The first-order valence-electron chi connectivity index (χ1n) is 8.37. The summed E-state index contributed by atoms with van der Waals surface area (Å²) in [7, 11) is 4.23. The van der Waals surface area contributed by atoms with Crippen molar-refractivity contribution in [2.24, 2.45) is 21.1 Å². The number of hydrogen-bond acceptors (Lipinski definition) is 5. The quantitative estimate of drug-likeness (QED) is 0.622. The summed E-state index contributed by atoms with van der Waals surface area (Å²) in [6, 6.07) is 0. The van der Waals surface area contributed by atoms with Gasteiger partial charge in [0.1, 0.15) is 10.7 Å². The second kappa shape index (κ2) is 7.82. The van der Waals surface area contributed by atoms with E-state index in [1.165, 1.54) is 17.9 Å². The zero-order chi connectivity index (χ0) is 22.2. The summed E-state index contributed by atoms with van der Waals surface area (Å²) in [5.74, 6) is -1.57. The third-order valence-electron chi connectivity index (χ3n) is 4.09. The number of aromatic nitrogens is 6. The molecule has 0 fully saturated rings. The highest BCUT2D eigenvalue weighted by molar-refractivity contribution is 6.35. The van der Waals surface area contributed by atoms with Gasteiger partial charge in [0.15, 0.2) is 11.4 Å². The first-order chi connectivity index (χ1) is 14.0. The molecule has 3 rings (SSSR count). The van der Waals surface area contributed by atoms with Crippen molar-refractivity contribution in [1.29, 1.82) is 0 Å². The van der Waals surface area contributed by atoms with Gasteiger partial charge in [0.2, 0.25) is 0 Å². The van der Waals surface area contributed by atoms with Gasteiger partial charge in [-0.3, -0.25) is 23.6 Å². The van der Waals surface area contributed by atoms with Gasteiger partial charge in [-0.2, -0.15) is 28.5 Å². The molecule has 0 radical (unpaired) electrons. The van der Waals surface area contributed by atoms with Gasteiger partial charge in [-0.15, -0.1) is 0 Å². The van der Waals surface area contributed by atoms with E-state index in [9.17, 15) is 22.8 Å². The zero-order valence-corrected chi connectivity index (χ0v) is 16.7. The van der Waals surface area contributed by atoms with Crippen LogP contribution in [-0.4, -0.2) is 41.2 Å². The zero-order valence-electron chi connectivity index (χ0n) is 16.0. The fourth-order valence-corrected chi connectivity index (χ4v) is 3.11. The molecule has 0 aliphatic heterocycles. The number of aryl methyl sites for hydroxylation is 3. The maximum atomic E-state index is 13.1. The molecule has 2 N–H and O–H groups in total. The van der Waals surface area contributed by atoms with E-state index in [0.29, 0.717) is 4.68 Å². The molecule has 0 spiro atoms. The number of anilines is 1. The molecule has 0 atom stereocenters. The van der Waals surface area contributed by atoms with Crippen LogP contribution in [0, 0.1) is 0 Å². The number of hydrogen-bond donors (Lipinski definition) is 2. The van der Waals surface area contributed by atoms with Gasteiger partial charge in [0.05, 0.1) is 18.1 Å². The smallest absolute Gasteiger partial charge is 0.346 e. The van der Waals surface area contributed by atoms with Crippen LogP contribution in [0.25, 0.3) is 0 Å². The first-order valence-corrected chi connectivity index (χ1v) is 8.75. The van der Waals surface area contributed by atoms with E-state index >= 15 is 0 Å². The van der Waals surface area contributed by atoms with Crippen molar-refractivity contribution in [1.82, 2.24) is 34.7 Å². The lowest BCUT2D eigenvalue weighted by atomic mass is 10.3. The molecule has 2 amide bonds. The summed E-state index contributed by atoms with van der Waals surface area (Å²) in [6.45, 7) is 0.173. The predicted molar refractivity (Wildman–Crippen MR) is 98.8 cm³/mol. The summed E-state index contributed by atoms with van der Waals surface area (Å²) in [5, 5.41) is 15.6. The van der Waals surface area contributed by atoms with Gasteiger partial charge < -0.3 is 10.6 Å². The average Bonchev–Trinajstić information content (AvgIpc) is 3.30. The molecule has 0 saturated heterocycles. The van der Waals surface area contributed by atoms with Gasteiger partial charge in [0.25, 0.3) is 11.8 Å². The number of rotatable bonds is 5. The minimum Gasteiger partial charge on any atom is -0.346 e. The number of alkyl halides is 3. The Labute approximate surface area is 172 Å². The van der Waals surface area contributed by atoms with Crippen LogP contribution in [0.3, 0.4) is 0 Å². The lowest BCUT2D eigenvalue weighted by Gasteiger charge is -2.08. The average molecular weight is 445 g/mol. The number of halogens is 4. The van der Waals surface area contributed by atoms with Crippen molar-refractivity contribution in [3.8, 4) is 0 Å². The Balaban J connectivity index is 1.80. The molecule has 0 aromatic carbocycles. The van der Waals surface area contributed by atoms with E-state index in [4.69, 9.17) is 11.6 Å². The van der Waals surface area contributed by atoms with Gasteiger partial charge >= 0.3 is 6.18 Å². The summed E-state index contributed by atoms with van der Waals surface area (Å²) in [4.78, 5) is 25.0. The van der Waals surface area contributed by atoms with Crippen molar-refractivity contribution in [3.63, 3.8) is 0 Å². The molecule has 0 aliphatic carbocycles. The Morgan fingerprint density at radius 3 is 2.37 bits per heavy atom. The largest absolute Gasteiger partial charge is 0.434 e. The molecule has 10 nitrogen and oxygen atoms in total. The van der Waals surface area contributed by atoms with Crippen LogP contribution in [0.5, 0.6) is 0 Å². The van der Waals surface area contributed by atoms with Crippen LogP contribution in [0.15, 0.2) is 18.6 Å². The highest BCUT2D eigenvalue weighted by Gasteiger charge is 2.40. The Morgan fingerprint density at radius 1 is 1.10 bits per heavy atom. The standard InChI is InChI=1S/C16H16ClF3N8O2/c1-26-7-8(5-22-26)4-21-15(30)12-9(6-23-27(12)2)24-14(29)11-10(17)13(16(18,19)20)28(3)25-11/h5-7H,4H2,1-3H3,(H,21,30)(H,24,29). The van der Waals surface area contributed by atoms with E-state index in [-0.39, 0.29) is 17.9 Å². The lowest BCUT2D eigenvalue weighted by Crippen LogP contribution is -2.26. The molecule has 3 heterocycles. The van der Waals surface area contributed by atoms with Crippen molar-refractivity contribution in [3.05, 3.63) is 46.3 Å². The monoisotopic (exact) mass is 444 g/mol. The topological polar surface area (TPSA) is 112 Å². The minimum atomic E-state index is -4.79. The van der Waals surface area contributed by atoms with E-state index in [0.717, 1.165) is 12.6 Å². The fourth-order valence-electron chi connectivity index (χ4n) is 2.76. The number of carbonyl (C=O) groups excluding carboxylic acids is 2. The van der Waals surface area contributed by atoms with Crippen LogP contribution in [0.1, 0.15) is 32.2 Å². The lowest BCUT2D eigenvalue weighted by molar-refractivity contribution is -0.143. The van der Waals surface area contributed by atoms with E-state index in [1.54, 1.807) is 24.1 Å². The maximum absolute atomic E-state index is 13.1. The summed E-state index contributed by atoms with van der Waals surface area (Å²) >= 11 is 5.73. The number of nitrogens with one attached hydrogen (secondary N) is 2. The van der Waals surface area contributed by atoms with Gasteiger partial charge in [-0.05, 0) is 0 Å². The predicted octanol–water partition coefficient (Wildman–Crippen LogP) is 1.74. The number of carbonyl (C=O) groups is 2. The summed E-state index contributed by atoms with van der Waals surface area (Å²) < 4.78 is 42.5. The molecule has 14 heteroatoms. The van der Waals surface area contributed by atoms with E-state index in [2.05, 4.69) is 25.9 Å². The third-order valence-corrected chi connectivity index (χ3v) is 4.44. The fraction of sp³-hybridized carbons (Fsp3) is 0.312. The third kappa shape index (κ3) is 4.15. The highest BCUT2D eigenvalue weighted by Crippen LogP contribution is 2.36. The molecule has 0 saturated carbocycles. The number of amides is 2. The normalized spacial score (nSPS) is 11.6. The highest BCUT2D eigenvalue weighted by atomic mass is 35.5. The Morgan fingerprint density at radius 2 is 1.80 bits per heavy atom. The van der Waals surface area contributed by atoms with Crippen LogP contribution in [-0.2, 0) is 33.9 Å². The number of nitrogens with zero attached hydrogens (tertiary/aromatic N) is 6. The first kappa shape index (κ1) is 21.4. The minimum absolute atomic E-state index is 0.00432. The second-order valence-electron chi connectivity index (χ2n) is 6.32. The maximum Gasteiger partial charge on any atom is 0.434 e. The summed E-state index contributed by atoms with van der Waals surface area (Å²) in [6.07, 6.45) is -0.303. The van der Waals surface area contributed by atoms with E-state index in [1.807, 2.05) is 0 Å². The van der Waals surface area contributed by atoms with Crippen LogP contribution in [0.4, 0.5) is 18.9 Å². The van der Waals surface area contributed by atoms with Crippen LogP contribution in [0.2, 0.25) is 5.02 Å². The molecular formula is C16H16ClF3N8O2. The Hall–Kier alpha value is -3.35. The Kier molecular flexibility index (Phi) is 5.57. The van der Waals surface area contributed by atoms with Crippen molar-refractivity contribution >= 4 is 29.1 Å². The van der Waals surface area contributed by atoms with E-state index < -0.39 is 34.4 Å². The molecule has 0 aliphatic rings. The molecule has 160 valence electrons. The molecule has 30 heavy (non-hydrogen) atoms. The van der Waals surface area contributed by atoms with Gasteiger partial charge in [-0.1, -0.05) is 11.6 Å². The van der Waals surface area contributed by atoms with Crippen molar-refractivity contribution in [2.45, 2.75) is 12.7 Å².